The van der Waals surface area contributed by atoms with Crippen LogP contribution in [0.2, 0.25) is 0 Å². The van der Waals surface area contributed by atoms with Crippen LogP contribution in [0.1, 0.15) is 22.5 Å². The van der Waals surface area contributed by atoms with Crippen LogP contribution in [0.25, 0.3) is 10.9 Å². The van der Waals surface area contributed by atoms with E-state index in [0.29, 0.717) is 52.6 Å². The van der Waals surface area contributed by atoms with E-state index < -0.39 is 11.7 Å². The number of benzene rings is 2. The zero-order valence-corrected chi connectivity index (χ0v) is 17.0. The molecule has 0 aliphatic heterocycles. The second-order valence-corrected chi connectivity index (χ2v) is 6.79. The number of nitrogens with one attached hydrogen (secondary N) is 1. The smallest absolute Gasteiger partial charge is 0.416 e. The van der Waals surface area contributed by atoms with E-state index in [9.17, 15) is 13.2 Å². The molecule has 0 amide bonds. The number of hydrogen-bond donors (Lipinski definition) is 2. The van der Waals surface area contributed by atoms with Crippen molar-refractivity contribution >= 4 is 22.4 Å². The van der Waals surface area contributed by atoms with E-state index in [1.165, 1.54) is 6.07 Å². The van der Waals surface area contributed by atoms with Gasteiger partial charge in [0.2, 0.25) is 0 Å². The molecular weight excluding hydrogens is 409 g/mol. The Bertz CT molecular complexity index is 1140. The van der Waals surface area contributed by atoms with Gasteiger partial charge in [-0.25, -0.2) is 9.97 Å². The van der Waals surface area contributed by atoms with Crippen molar-refractivity contribution in [2.24, 2.45) is 0 Å². The molecule has 0 fully saturated rings. The fourth-order valence-electron chi connectivity index (χ4n) is 3.04. The van der Waals surface area contributed by atoms with Crippen LogP contribution in [0.4, 0.5) is 24.7 Å². The third kappa shape index (κ3) is 5.35. The van der Waals surface area contributed by atoms with Crippen molar-refractivity contribution in [3.05, 3.63) is 52.8 Å². The number of nitrogens with zero attached hydrogens (tertiary/aromatic N) is 2. The van der Waals surface area contributed by atoms with Crippen LogP contribution in [-0.4, -0.2) is 30.3 Å². The lowest BCUT2D eigenvalue weighted by molar-refractivity contribution is -0.137. The Balaban J connectivity index is 1.96. The quantitative estimate of drug-likeness (QED) is 0.333. The number of aryl methyl sites for hydroxylation is 1. The Hall–Kier alpha value is -3.51. The zero-order valence-electron chi connectivity index (χ0n) is 17.0. The molecule has 0 saturated heterocycles. The van der Waals surface area contributed by atoms with Crippen molar-refractivity contribution in [3.8, 4) is 18.1 Å². The molecule has 0 aliphatic rings. The molecule has 162 valence electrons. The van der Waals surface area contributed by atoms with Gasteiger partial charge in [0.1, 0.15) is 24.0 Å². The minimum Gasteiger partial charge on any atom is -0.490 e. The van der Waals surface area contributed by atoms with E-state index in [-0.39, 0.29) is 12.2 Å². The molecule has 0 spiro atoms. The number of fused-ring (bicyclic) bond motifs is 1. The Morgan fingerprint density at radius 1 is 1.13 bits per heavy atom. The maximum atomic E-state index is 13.1. The van der Waals surface area contributed by atoms with E-state index in [1.54, 1.807) is 26.2 Å². The molecular formula is C22H21F3N4O2. The molecule has 0 aliphatic carbocycles. The number of alkyl halides is 3. The zero-order chi connectivity index (χ0) is 22.6. The molecule has 0 atom stereocenters. The van der Waals surface area contributed by atoms with Gasteiger partial charge in [-0.2, -0.15) is 13.2 Å². The largest absolute Gasteiger partial charge is 0.490 e. The first-order valence-corrected chi connectivity index (χ1v) is 9.32. The Kier molecular flexibility index (Phi) is 6.51. The summed E-state index contributed by atoms with van der Waals surface area (Å²) in [5, 5.41) is 3.70. The minimum atomic E-state index is -4.48. The highest BCUT2D eigenvalue weighted by Crippen LogP contribution is 2.32. The van der Waals surface area contributed by atoms with Gasteiger partial charge in [0.15, 0.2) is 0 Å². The molecule has 1 heterocycles. The summed E-state index contributed by atoms with van der Waals surface area (Å²) in [5.74, 6) is 3.96. The van der Waals surface area contributed by atoms with Crippen molar-refractivity contribution in [1.29, 1.82) is 0 Å². The second kappa shape index (κ2) is 9.10. The molecule has 1 aromatic heterocycles. The Morgan fingerprint density at radius 2 is 1.90 bits per heavy atom. The number of rotatable bonds is 7. The van der Waals surface area contributed by atoms with Crippen LogP contribution in [0.15, 0.2) is 30.3 Å². The highest BCUT2D eigenvalue weighted by atomic mass is 19.4. The summed E-state index contributed by atoms with van der Waals surface area (Å²) in [6.45, 7) is 2.48. The molecule has 3 rings (SSSR count). The van der Waals surface area contributed by atoms with Crippen LogP contribution in [0.3, 0.4) is 0 Å². The van der Waals surface area contributed by atoms with Gasteiger partial charge < -0.3 is 20.5 Å². The number of aromatic nitrogens is 2. The van der Waals surface area contributed by atoms with Crippen LogP contribution >= 0.6 is 0 Å². The fourth-order valence-corrected chi connectivity index (χ4v) is 3.04. The molecule has 0 bridgehead atoms. The summed E-state index contributed by atoms with van der Waals surface area (Å²) in [6.07, 6.45) is 1.11. The topological polar surface area (TPSA) is 82.3 Å². The molecule has 2 aromatic carbocycles. The summed E-state index contributed by atoms with van der Waals surface area (Å²) in [7, 11) is 1.56. The van der Waals surface area contributed by atoms with Crippen LogP contribution in [-0.2, 0) is 17.5 Å². The average molecular weight is 430 g/mol. The predicted molar refractivity (Wildman–Crippen MR) is 113 cm³/mol. The molecule has 0 radical (unpaired) electrons. The molecule has 0 unspecified atom stereocenters. The molecule has 31 heavy (non-hydrogen) atoms. The van der Waals surface area contributed by atoms with Gasteiger partial charge in [0.05, 0.1) is 23.3 Å². The number of nitrogen functional groups attached to an aromatic ring is 1. The third-order valence-electron chi connectivity index (χ3n) is 4.41. The first-order valence-electron chi connectivity index (χ1n) is 9.32. The van der Waals surface area contributed by atoms with Crippen molar-refractivity contribution in [3.63, 3.8) is 0 Å². The highest BCUT2D eigenvalue weighted by Gasteiger charge is 2.31. The van der Waals surface area contributed by atoms with E-state index in [4.69, 9.17) is 21.6 Å². The number of nitrogens with two attached hydrogens (primary N) is 1. The van der Waals surface area contributed by atoms with Gasteiger partial charge in [-0.3, -0.25) is 0 Å². The van der Waals surface area contributed by atoms with E-state index in [0.717, 1.165) is 12.1 Å². The van der Waals surface area contributed by atoms with Crippen LogP contribution < -0.4 is 15.8 Å². The van der Waals surface area contributed by atoms with Crippen molar-refractivity contribution in [2.45, 2.75) is 19.6 Å². The summed E-state index contributed by atoms with van der Waals surface area (Å²) >= 11 is 0. The lowest BCUT2D eigenvalue weighted by Gasteiger charge is -2.14. The van der Waals surface area contributed by atoms with Gasteiger partial charge in [-0.15, -0.1) is 6.42 Å². The molecule has 3 aromatic rings. The standard InChI is InChI=1S/C22H21F3N4O2/c1-4-15-9-19-18(11-20(15)31-6-5-30-3)21(29-13(2)28-19)27-12-14-7-16(22(23,24)25)10-17(26)8-14/h1,7-11H,5-6,12,26H2,2-3H3,(H,27,28,29). The molecule has 6 nitrogen and oxygen atoms in total. The Labute approximate surface area is 177 Å². The first-order chi connectivity index (χ1) is 14.7. The number of anilines is 2. The number of methoxy groups -OCH3 is 1. The van der Waals surface area contributed by atoms with Gasteiger partial charge in [-0.1, -0.05) is 5.92 Å². The molecule has 3 N–H and O–H groups in total. The van der Waals surface area contributed by atoms with E-state index in [1.807, 2.05) is 0 Å². The highest BCUT2D eigenvalue weighted by molar-refractivity contribution is 5.91. The Morgan fingerprint density at radius 3 is 2.58 bits per heavy atom. The van der Waals surface area contributed by atoms with Crippen molar-refractivity contribution in [2.75, 3.05) is 31.4 Å². The fraction of sp³-hybridized carbons (Fsp3) is 0.273. The third-order valence-corrected chi connectivity index (χ3v) is 4.41. The van der Waals surface area contributed by atoms with Crippen molar-refractivity contribution < 1.29 is 22.6 Å². The van der Waals surface area contributed by atoms with Gasteiger partial charge in [0.25, 0.3) is 0 Å². The SMILES string of the molecule is C#Cc1cc2nc(C)nc(NCc3cc(N)cc(C(F)(F)F)c3)c2cc1OCCOC. The maximum Gasteiger partial charge on any atom is 0.416 e. The van der Waals surface area contributed by atoms with Crippen LogP contribution in [0, 0.1) is 19.3 Å². The average Bonchev–Trinajstić information content (AvgIpc) is 2.70. The summed E-state index contributed by atoms with van der Waals surface area (Å²) in [4.78, 5) is 8.80. The van der Waals surface area contributed by atoms with Gasteiger partial charge in [-0.05, 0) is 42.8 Å². The van der Waals surface area contributed by atoms with Crippen LogP contribution in [0.5, 0.6) is 5.75 Å². The monoisotopic (exact) mass is 430 g/mol. The summed E-state index contributed by atoms with van der Waals surface area (Å²) in [6, 6.07) is 6.85. The number of hydrogen-bond acceptors (Lipinski definition) is 6. The minimum absolute atomic E-state index is 0.0304. The number of halogens is 3. The first kappa shape index (κ1) is 22.2. The van der Waals surface area contributed by atoms with E-state index in [2.05, 4.69) is 21.2 Å². The van der Waals surface area contributed by atoms with E-state index >= 15 is 0 Å². The van der Waals surface area contributed by atoms with Gasteiger partial charge in [0, 0.05) is 24.7 Å². The van der Waals surface area contributed by atoms with Gasteiger partial charge >= 0.3 is 6.18 Å². The lowest BCUT2D eigenvalue weighted by Crippen LogP contribution is -2.09. The maximum absolute atomic E-state index is 13.1. The number of terminal acetylenes is 1. The summed E-state index contributed by atoms with van der Waals surface area (Å²) < 4.78 is 49.9. The normalized spacial score (nSPS) is 11.4. The second-order valence-electron chi connectivity index (χ2n) is 6.79. The lowest BCUT2D eigenvalue weighted by atomic mass is 10.1. The van der Waals surface area contributed by atoms with Crippen molar-refractivity contribution in [1.82, 2.24) is 9.97 Å². The molecule has 0 saturated carbocycles. The molecule has 9 heteroatoms. The number of ether oxygens (including phenoxy) is 2. The predicted octanol–water partition coefficient (Wildman–Crippen LogP) is 4.16. The summed E-state index contributed by atoms with van der Waals surface area (Å²) in [5.41, 5.74) is 6.36.